The van der Waals surface area contributed by atoms with Crippen LogP contribution in [-0.2, 0) is 25.5 Å². The summed E-state index contributed by atoms with van der Waals surface area (Å²) in [4.78, 5) is 35.9. The maximum absolute atomic E-state index is 13.1. The van der Waals surface area contributed by atoms with Crippen LogP contribution in [0.25, 0.3) is 0 Å². The molecule has 0 aliphatic heterocycles. The Kier molecular flexibility index (Phi) is 8.67. The summed E-state index contributed by atoms with van der Waals surface area (Å²) in [5.41, 5.74) is 0.156. The fraction of sp³-hybridized carbons (Fsp3) is 0.500. The number of ether oxygens (including phenoxy) is 1. The molecule has 0 fully saturated rings. The summed E-state index contributed by atoms with van der Waals surface area (Å²) in [6, 6.07) is 1.09. The number of amides is 2. The number of nitrogens with one attached hydrogen (secondary N) is 2. The molecule has 144 valence electrons. The van der Waals surface area contributed by atoms with E-state index in [1.54, 1.807) is 0 Å². The van der Waals surface area contributed by atoms with E-state index in [-0.39, 0.29) is 12.0 Å². The van der Waals surface area contributed by atoms with Gasteiger partial charge in [0.05, 0.1) is 13.5 Å². The molecule has 2 amide bonds. The van der Waals surface area contributed by atoms with Crippen molar-refractivity contribution >= 4 is 17.8 Å². The number of hydrogen-bond donors (Lipinski definition) is 2. The van der Waals surface area contributed by atoms with E-state index in [0.29, 0.717) is 12.5 Å². The number of halogens is 2. The van der Waals surface area contributed by atoms with Gasteiger partial charge < -0.3 is 15.4 Å². The molecule has 0 radical (unpaired) electrons. The second-order valence-electron chi connectivity index (χ2n) is 5.97. The van der Waals surface area contributed by atoms with Crippen LogP contribution < -0.4 is 10.6 Å². The van der Waals surface area contributed by atoms with Gasteiger partial charge in [-0.05, 0) is 31.0 Å². The molecule has 1 aromatic rings. The van der Waals surface area contributed by atoms with Crippen LogP contribution in [0.5, 0.6) is 0 Å². The number of carbonyl (C=O) groups excluding carboxylic acids is 3. The van der Waals surface area contributed by atoms with E-state index >= 15 is 0 Å². The third-order valence-corrected chi connectivity index (χ3v) is 3.71. The van der Waals surface area contributed by atoms with E-state index < -0.39 is 41.5 Å². The minimum Gasteiger partial charge on any atom is -0.467 e. The molecule has 1 aromatic carbocycles. The highest BCUT2D eigenvalue weighted by Gasteiger charge is 2.24. The first kappa shape index (κ1) is 21.5. The van der Waals surface area contributed by atoms with E-state index in [4.69, 9.17) is 0 Å². The third kappa shape index (κ3) is 7.16. The van der Waals surface area contributed by atoms with Crippen molar-refractivity contribution in [3.63, 3.8) is 0 Å². The Morgan fingerprint density at radius 3 is 2.27 bits per heavy atom. The van der Waals surface area contributed by atoms with Crippen LogP contribution >= 0.6 is 0 Å². The number of methoxy groups -OCH3 is 1. The van der Waals surface area contributed by atoms with Gasteiger partial charge in [-0.1, -0.05) is 19.8 Å². The van der Waals surface area contributed by atoms with Crippen LogP contribution in [0.3, 0.4) is 0 Å². The van der Waals surface area contributed by atoms with E-state index in [2.05, 4.69) is 15.4 Å². The Morgan fingerprint density at radius 2 is 1.73 bits per heavy atom. The Bertz CT molecular complexity index is 632. The lowest BCUT2D eigenvalue weighted by molar-refractivity contribution is -0.145. The van der Waals surface area contributed by atoms with Gasteiger partial charge in [-0.3, -0.25) is 9.59 Å². The van der Waals surface area contributed by atoms with Crippen molar-refractivity contribution in [2.24, 2.45) is 0 Å². The van der Waals surface area contributed by atoms with Crippen molar-refractivity contribution in [1.29, 1.82) is 0 Å². The first-order valence-electron chi connectivity index (χ1n) is 8.39. The number of hydrogen-bond acceptors (Lipinski definition) is 4. The predicted molar refractivity (Wildman–Crippen MR) is 91.1 cm³/mol. The lowest BCUT2D eigenvalue weighted by Crippen LogP contribution is -2.50. The van der Waals surface area contributed by atoms with Gasteiger partial charge in [-0.25, -0.2) is 13.6 Å². The summed E-state index contributed by atoms with van der Waals surface area (Å²) in [7, 11) is 1.23. The molecule has 0 aliphatic rings. The van der Waals surface area contributed by atoms with Crippen LogP contribution in [0.2, 0.25) is 0 Å². The average Bonchev–Trinajstić information content (AvgIpc) is 2.56. The molecule has 26 heavy (non-hydrogen) atoms. The molecule has 0 aromatic heterocycles. The monoisotopic (exact) mass is 370 g/mol. The molecular formula is C18H24F2N2O4. The molecule has 8 heteroatoms. The molecule has 0 heterocycles. The number of unbranched alkanes of at least 4 members (excludes halogenated alkanes) is 1. The zero-order valence-corrected chi connectivity index (χ0v) is 15.1. The minimum absolute atomic E-state index is 0.156. The summed E-state index contributed by atoms with van der Waals surface area (Å²) in [6.07, 6.45) is 1.73. The Labute approximate surface area is 151 Å². The van der Waals surface area contributed by atoms with Crippen LogP contribution in [-0.4, -0.2) is 37.0 Å². The fourth-order valence-electron chi connectivity index (χ4n) is 2.35. The standard InChI is InChI=1S/C18H24F2N2O4/c1-4-5-6-15(18(25)26-3)22-17(24)11(2)21-16(23)9-12-7-13(19)10-14(20)8-12/h7-8,10-11,15H,4-6,9H2,1-3H3,(H,21,23)(H,22,24)/t11-,15+/m1/s1. The van der Waals surface area contributed by atoms with Crippen molar-refractivity contribution in [3.05, 3.63) is 35.4 Å². The van der Waals surface area contributed by atoms with Crippen molar-refractivity contribution in [3.8, 4) is 0 Å². The molecular weight excluding hydrogens is 346 g/mol. The first-order valence-corrected chi connectivity index (χ1v) is 8.39. The van der Waals surface area contributed by atoms with E-state index in [1.807, 2.05) is 6.92 Å². The summed E-state index contributed by atoms with van der Waals surface area (Å²) in [5.74, 6) is -3.23. The molecule has 2 atom stereocenters. The Morgan fingerprint density at radius 1 is 1.12 bits per heavy atom. The lowest BCUT2D eigenvalue weighted by atomic mass is 10.1. The zero-order chi connectivity index (χ0) is 19.7. The van der Waals surface area contributed by atoms with Crippen LogP contribution in [0.4, 0.5) is 8.78 Å². The molecule has 2 N–H and O–H groups in total. The molecule has 0 spiro atoms. The molecule has 0 bridgehead atoms. The van der Waals surface area contributed by atoms with E-state index in [9.17, 15) is 23.2 Å². The normalized spacial score (nSPS) is 12.8. The van der Waals surface area contributed by atoms with Gasteiger partial charge in [0, 0.05) is 6.07 Å². The maximum Gasteiger partial charge on any atom is 0.328 e. The quantitative estimate of drug-likeness (QED) is 0.650. The van der Waals surface area contributed by atoms with Gasteiger partial charge in [0.2, 0.25) is 11.8 Å². The fourth-order valence-corrected chi connectivity index (χ4v) is 2.35. The number of rotatable bonds is 9. The second kappa shape index (κ2) is 10.5. The topological polar surface area (TPSA) is 84.5 Å². The summed E-state index contributed by atoms with van der Waals surface area (Å²) in [6.45, 7) is 3.40. The van der Waals surface area contributed by atoms with Gasteiger partial charge in [0.25, 0.3) is 0 Å². The van der Waals surface area contributed by atoms with E-state index in [0.717, 1.165) is 25.0 Å². The highest BCUT2D eigenvalue weighted by molar-refractivity contribution is 5.90. The third-order valence-electron chi connectivity index (χ3n) is 3.71. The summed E-state index contributed by atoms with van der Waals surface area (Å²) in [5, 5.41) is 4.98. The van der Waals surface area contributed by atoms with Crippen LogP contribution in [0.15, 0.2) is 18.2 Å². The first-order chi connectivity index (χ1) is 12.3. The minimum atomic E-state index is -0.922. The molecule has 0 aliphatic carbocycles. The summed E-state index contributed by atoms with van der Waals surface area (Å²) >= 11 is 0. The van der Waals surface area contributed by atoms with Crippen molar-refractivity contribution in [2.75, 3.05) is 7.11 Å². The van der Waals surface area contributed by atoms with Crippen molar-refractivity contribution < 1.29 is 27.9 Å². The van der Waals surface area contributed by atoms with Gasteiger partial charge in [0.1, 0.15) is 23.7 Å². The molecule has 0 saturated heterocycles. The summed E-state index contributed by atoms with van der Waals surface area (Å²) < 4.78 is 30.9. The highest BCUT2D eigenvalue weighted by atomic mass is 19.1. The Balaban J connectivity index is 2.61. The SMILES string of the molecule is CCCC[C@H](NC(=O)[C@@H](C)NC(=O)Cc1cc(F)cc(F)c1)C(=O)OC. The van der Waals surface area contributed by atoms with Gasteiger partial charge >= 0.3 is 5.97 Å². The average molecular weight is 370 g/mol. The molecule has 0 unspecified atom stereocenters. The van der Waals surface area contributed by atoms with Gasteiger partial charge in [0.15, 0.2) is 0 Å². The predicted octanol–water partition coefficient (Wildman–Crippen LogP) is 1.86. The smallest absolute Gasteiger partial charge is 0.328 e. The molecule has 1 rings (SSSR count). The van der Waals surface area contributed by atoms with Crippen molar-refractivity contribution in [1.82, 2.24) is 10.6 Å². The number of benzene rings is 1. The largest absolute Gasteiger partial charge is 0.467 e. The van der Waals surface area contributed by atoms with Gasteiger partial charge in [-0.15, -0.1) is 0 Å². The number of esters is 1. The Hall–Kier alpha value is -2.51. The van der Waals surface area contributed by atoms with Gasteiger partial charge in [-0.2, -0.15) is 0 Å². The zero-order valence-electron chi connectivity index (χ0n) is 15.1. The number of carbonyl (C=O) groups is 3. The molecule has 6 nitrogen and oxygen atoms in total. The van der Waals surface area contributed by atoms with Crippen LogP contribution in [0, 0.1) is 11.6 Å². The highest BCUT2D eigenvalue weighted by Crippen LogP contribution is 2.09. The molecule has 0 saturated carbocycles. The lowest BCUT2D eigenvalue weighted by Gasteiger charge is -2.19. The van der Waals surface area contributed by atoms with Crippen LogP contribution in [0.1, 0.15) is 38.7 Å². The maximum atomic E-state index is 13.1. The second-order valence-corrected chi connectivity index (χ2v) is 5.97. The van der Waals surface area contributed by atoms with E-state index in [1.165, 1.54) is 14.0 Å². The van der Waals surface area contributed by atoms with Crippen molar-refractivity contribution in [2.45, 2.75) is 51.6 Å².